The van der Waals surface area contributed by atoms with Crippen LogP contribution in [0.25, 0.3) is 5.69 Å². The van der Waals surface area contributed by atoms with E-state index in [1.165, 1.54) is 0 Å². The minimum absolute atomic E-state index is 0.225. The summed E-state index contributed by atoms with van der Waals surface area (Å²) in [7, 11) is -0.745. The maximum atomic E-state index is 13.9. The Kier molecular flexibility index (Phi) is 8.64. The maximum Gasteiger partial charge on any atom is 0.167 e. The molecule has 11 nitrogen and oxygen atoms in total. The SMILES string of the molecule is COc1cccc(OC)c1-n1c(CS(=O)(=O)[C@@H](C)[C@@H](OC(C)C)c2cnc(C)cn2)nnc1[C@H]1CCCO1. The fourth-order valence-electron chi connectivity index (χ4n) is 4.47. The van der Waals surface area contributed by atoms with Crippen LogP contribution in [-0.4, -0.2) is 65.3 Å². The molecule has 2 aromatic heterocycles. The van der Waals surface area contributed by atoms with Crippen LogP contribution in [0.3, 0.4) is 0 Å². The molecule has 38 heavy (non-hydrogen) atoms. The quantitative estimate of drug-likeness (QED) is 0.352. The summed E-state index contributed by atoms with van der Waals surface area (Å²) in [6.07, 6.45) is 3.41. The van der Waals surface area contributed by atoms with E-state index in [-0.39, 0.29) is 18.0 Å². The molecule has 0 unspecified atom stereocenters. The smallest absolute Gasteiger partial charge is 0.167 e. The molecule has 1 fully saturated rings. The first-order valence-electron chi connectivity index (χ1n) is 12.6. The van der Waals surface area contributed by atoms with Gasteiger partial charge in [0.1, 0.15) is 35.1 Å². The van der Waals surface area contributed by atoms with Crippen molar-refractivity contribution >= 4 is 9.84 Å². The number of sulfone groups is 1. The van der Waals surface area contributed by atoms with Gasteiger partial charge in [0, 0.05) is 12.8 Å². The molecule has 1 aromatic carbocycles. The van der Waals surface area contributed by atoms with Gasteiger partial charge < -0.3 is 18.9 Å². The Hall–Kier alpha value is -3.09. The minimum atomic E-state index is -3.83. The summed E-state index contributed by atoms with van der Waals surface area (Å²) in [5.74, 6) is 1.31. The van der Waals surface area contributed by atoms with E-state index in [2.05, 4.69) is 20.2 Å². The van der Waals surface area contributed by atoms with Crippen LogP contribution in [0.4, 0.5) is 0 Å². The number of ether oxygens (including phenoxy) is 4. The fourth-order valence-corrected chi connectivity index (χ4v) is 5.86. The minimum Gasteiger partial charge on any atom is -0.494 e. The third-order valence-electron chi connectivity index (χ3n) is 6.43. The molecule has 3 heterocycles. The molecule has 0 aliphatic carbocycles. The summed E-state index contributed by atoms with van der Waals surface area (Å²) in [6, 6.07) is 5.35. The van der Waals surface area contributed by atoms with Gasteiger partial charge in [-0.25, -0.2) is 8.42 Å². The van der Waals surface area contributed by atoms with E-state index in [9.17, 15) is 8.42 Å². The second-order valence-electron chi connectivity index (χ2n) is 9.52. The lowest BCUT2D eigenvalue weighted by Crippen LogP contribution is -2.31. The summed E-state index contributed by atoms with van der Waals surface area (Å²) in [6.45, 7) is 7.74. The van der Waals surface area contributed by atoms with Crippen molar-refractivity contribution in [2.45, 2.75) is 69.9 Å². The van der Waals surface area contributed by atoms with E-state index in [0.29, 0.717) is 35.3 Å². The van der Waals surface area contributed by atoms with Crippen molar-refractivity contribution in [3.63, 3.8) is 0 Å². The van der Waals surface area contributed by atoms with E-state index in [0.717, 1.165) is 18.5 Å². The highest BCUT2D eigenvalue weighted by molar-refractivity contribution is 7.91. The highest BCUT2D eigenvalue weighted by Gasteiger charge is 2.36. The first-order valence-corrected chi connectivity index (χ1v) is 14.3. The Morgan fingerprint density at radius 2 is 1.79 bits per heavy atom. The van der Waals surface area contributed by atoms with Crippen molar-refractivity contribution in [3.05, 3.63) is 53.6 Å². The van der Waals surface area contributed by atoms with Crippen LogP contribution in [0.2, 0.25) is 0 Å². The average molecular weight is 546 g/mol. The van der Waals surface area contributed by atoms with Gasteiger partial charge in [0.15, 0.2) is 21.5 Å². The predicted octanol–water partition coefficient (Wildman–Crippen LogP) is 3.70. The molecule has 3 aromatic rings. The van der Waals surface area contributed by atoms with Crippen molar-refractivity contribution in [2.24, 2.45) is 0 Å². The van der Waals surface area contributed by atoms with Crippen molar-refractivity contribution < 1.29 is 27.4 Å². The predicted molar refractivity (Wildman–Crippen MR) is 140 cm³/mol. The lowest BCUT2D eigenvalue weighted by atomic mass is 10.2. The first kappa shape index (κ1) is 27.9. The molecule has 4 rings (SSSR count). The van der Waals surface area contributed by atoms with Crippen LogP contribution in [0.1, 0.15) is 68.9 Å². The highest BCUT2D eigenvalue weighted by Crippen LogP contribution is 2.38. The van der Waals surface area contributed by atoms with Gasteiger partial charge in [0.2, 0.25) is 0 Å². The number of para-hydroxylation sites is 1. The monoisotopic (exact) mass is 545 g/mol. The molecule has 1 aliphatic rings. The topological polar surface area (TPSA) is 128 Å². The molecule has 1 saturated heterocycles. The summed E-state index contributed by atoms with van der Waals surface area (Å²) < 4.78 is 52.7. The van der Waals surface area contributed by atoms with E-state index in [1.54, 1.807) is 56.3 Å². The van der Waals surface area contributed by atoms with Gasteiger partial charge in [-0.1, -0.05) is 6.07 Å². The number of methoxy groups -OCH3 is 2. The molecule has 206 valence electrons. The molecular weight excluding hydrogens is 510 g/mol. The van der Waals surface area contributed by atoms with Crippen LogP contribution in [0.15, 0.2) is 30.6 Å². The van der Waals surface area contributed by atoms with Crippen molar-refractivity contribution in [2.75, 3.05) is 20.8 Å². The standard InChI is InChI=1S/C26H35N5O6S/c1-16(2)37-25(19-14-27-17(3)13-28-19)18(4)38(32,33)15-23-29-30-26(22-11-8-12-36-22)31(23)24-20(34-5)9-7-10-21(24)35-6/h7,9-10,13-14,16,18,22,25H,8,11-12,15H2,1-6H3/t18-,22+,25+/m0/s1. The normalized spacial score (nSPS) is 17.5. The van der Waals surface area contributed by atoms with E-state index >= 15 is 0 Å². The number of aromatic nitrogens is 5. The molecule has 0 amide bonds. The third-order valence-corrected chi connectivity index (χ3v) is 8.47. The van der Waals surface area contributed by atoms with Gasteiger partial charge in [-0.2, -0.15) is 0 Å². The molecule has 0 saturated carbocycles. The Labute approximate surface area is 223 Å². The maximum absolute atomic E-state index is 13.9. The Balaban J connectivity index is 1.78. The number of nitrogens with zero attached hydrogens (tertiary/aromatic N) is 5. The van der Waals surface area contributed by atoms with Gasteiger partial charge in [-0.05, 0) is 52.7 Å². The summed E-state index contributed by atoms with van der Waals surface area (Å²) in [4.78, 5) is 8.70. The Morgan fingerprint density at radius 3 is 2.34 bits per heavy atom. The molecule has 3 atom stereocenters. The van der Waals surface area contributed by atoms with Crippen LogP contribution in [0.5, 0.6) is 11.5 Å². The molecular formula is C26H35N5O6S. The Bertz CT molecular complexity index is 1310. The number of benzene rings is 1. The van der Waals surface area contributed by atoms with E-state index < -0.39 is 26.9 Å². The number of aryl methyl sites for hydroxylation is 1. The summed E-state index contributed by atoms with van der Waals surface area (Å²) in [5.41, 5.74) is 1.70. The zero-order valence-corrected chi connectivity index (χ0v) is 23.4. The van der Waals surface area contributed by atoms with E-state index in [1.807, 2.05) is 20.8 Å². The third kappa shape index (κ3) is 5.82. The molecule has 12 heteroatoms. The highest BCUT2D eigenvalue weighted by atomic mass is 32.2. The second-order valence-corrected chi connectivity index (χ2v) is 11.9. The van der Waals surface area contributed by atoms with Crippen LogP contribution >= 0.6 is 0 Å². The summed E-state index contributed by atoms with van der Waals surface area (Å²) in [5, 5.41) is 7.78. The molecule has 1 aliphatic heterocycles. The number of rotatable bonds is 11. The van der Waals surface area contributed by atoms with Gasteiger partial charge in [0.05, 0.1) is 43.2 Å². The van der Waals surface area contributed by atoms with Gasteiger partial charge in [-0.3, -0.25) is 14.5 Å². The average Bonchev–Trinajstić information content (AvgIpc) is 3.56. The first-order chi connectivity index (χ1) is 18.2. The largest absolute Gasteiger partial charge is 0.494 e. The Morgan fingerprint density at radius 1 is 1.08 bits per heavy atom. The molecule has 0 N–H and O–H groups in total. The zero-order chi connectivity index (χ0) is 27.4. The molecule has 0 spiro atoms. The van der Waals surface area contributed by atoms with Crippen molar-refractivity contribution in [1.82, 2.24) is 24.7 Å². The van der Waals surface area contributed by atoms with Gasteiger partial charge in [0.25, 0.3) is 0 Å². The zero-order valence-electron chi connectivity index (χ0n) is 22.6. The fraction of sp³-hybridized carbons (Fsp3) is 0.538. The number of hydrogen-bond acceptors (Lipinski definition) is 10. The van der Waals surface area contributed by atoms with Crippen LogP contribution in [0, 0.1) is 6.92 Å². The van der Waals surface area contributed by atoms with Gasteiger partial charge >= 0.3 is 0 Å². The van der Waals surface area contributed by atoms with Crippen LogP contribution in [-0.2, 0) is 25.1 Å². The van der Waals surface area contributed by atoms with E-state index in [4.69, 9.17) is 18.9 Å². The lowest BCUT2D eigenvalue weighted by Gasteiger charge is -2.26. The van der Waals surface area contributed by atoms with Crippen LogP contribution < -0.4 is 9.47 Å². The molecule has 0 radical (unpaired) electrons. The van der Waals surface area contributed by atoms with Crippen molar-refractivity contribution in [3.8, 4) is 17.2 Å². The lowest BCUT2D eigenvalue weighted by molar-refractivity contribution is 0.00382. The number of hydrogen-bond donors (Lipinski definition) is 0. The second kappa shape index (κ2) is 11.7. The van der Waals surface area contributed by atoms with Gasteiger partial charge in [-0.15, -0.1) is 10.2 Å². The van der Waals surface area contributed by atoms with Crippen molar-refractivity contribution in [1.29, 1.82) is 0 Å². The summed E-state index contributed by atoms with van der Waals surface area (Å²) >= 11 is 0. The molecule has 0 bridgehead atoms.